The van der Waals surface area contributed by atoms with Crippen molar-refractivity contribution in [3.63, 3.8) is 0 Å². The molecule has 3 aromatic carbocycles. The molecule has 0 aliphatic carbocycles. The zero-order valence-electron chi connectivity index (χ0n) is 14.4. The maximum Gasteiger partial charge on any atom is 0.224 e. The van der Waals surface area contributed by atoms with Crippen LogP contribution in [0.25, 0.3) is 10.8 Å². The number of methoxy groups -OCH3 is 2. The van der Waals surface area contributed by atoms with E-state index in [-0.39, 0.29) is 5.91 Å². The molecule has 0 fully saturated rings. The minimum Gasteiger partial charge on any atom is -0.496 e. The lowest BCUT2D eigenvalue weighted by molar-refractivity contribution is -0.116. The predicted octanol–water partition coefficient (Wildman–Crippen LogP) is 4.43. The second kappa shape index (κ2) is 7.71. The van der Waals surface area contributed by atoms with Crippen LogP contribution < -0.4 is 14.8 Å². The molecular weight excluding hydrogens is 314 g/mol. The van der Waals surface area contributed by atoms with Crippen molar-refractivity contribution in [1.82, 2.24) is 0 Å². The average molecular weight is 335 g/mol. The third-order valence-electron chi connectivity index (χ3n) is 4.20. The minimum absolute atomic E-state index is 0.0377. The molecular formula is C21H21NO3. The van der Waals surface area contributed by atoms with E-state index in [2.05, 4.69) is 5.32 Å². The molecule has 0 aromatic heterocycles. The highest BCUT2D eigenvalue weighted by Gasteiger charge is 2.12. The highest BCUT2D eigenvalue weighted by Crippen LogP contribution is 2.29. The van der Waals surface area contributed by atoms with E-state index in [9.17, 15) is 4.79 Å². The van der Waals surface area contributed by atoms with Gasteiger partial charge in [-0.3, -0.25) is 4.79 Å². The second-order valence-corrected chi connectivity index (χ2v) is 5.72. The van der Waals surface area contributed by atoms with Crippen LogP contribution in [0.1, 0.15) is 12.0 Å². The first-order chi connectivity index (χ1) is 12.2. The summed E-state index contributed by atoms with van der Waals surface area (Å²) in [6, 6.07) is 19.5. The summed E-state index contributed by atoms with van der Waals surface area (Å²) in [6.07, 6.45) is 0.893. The number of amides is 1. The van der Waals surface area contributed by atoms with Crippen LogP contribution in [-0.4, -0.2) is 20.1 Å². The molecule has 0 aliphatic rings. The summed E-state index contributed by atoms with van der Waals surface area (Å²) in [5.41, 5.74) is 1.73. The Kier molecular flexibility index (Phi) is 5.19. The molecule has 25 heavy (non-hydrogen) atoms. The van der Waals surface area contributed by atoms with Gasteiger partial charge in [-0.25, -0.2) is 0 Å². The van der Waals surface area contributed by atoms with Gasteiger partial charge in [0.25, 0.3) is 0 Å². The Balaban J connectivity index is 1.73. The van der Waals surface area contributed by atoms with E-state index in [4.69, 9.17) is 9.47 Å². The fourth-order valence-corrected chi connectivity index (χ4v) is 2.96. The van der Waals surface area contributed by atoms with Crippen molar-refractivity contribution in [2.75, 3.05) is 19.5 Å². The monoisotopic (exact) mass is 335 g/mol. The zero-order chi connectivity index (χ0) is 17.6. The van der Waals surface area contributed by atoms with Gasteiger partial charge in [0, 0.05) is 23.1 Å². The molecule has 0 heterocycles. The number of nitrogens with one attached hydrogen (secondary N) is 1. The van der Waals surface area contributed by atoms with Crippen LogP contribution >= 0.6 is 0 Å². The van der Waals surface area contributed by atoms with E-state index < -0.39 is 0 Å². The number of rotatable bonds is 6. The molecule has 0 spiro atoms. The van der Waals surface area contributed by atoms with Gasteiger partial charge in [0.05, 0.1) is 14.2 Å². The van der Waals surface area contributed by atoms with Crippen LogP contribution in [0.2, 0.25) is 0 Å². The molecule has 0 saturated heterocycles. The molecule has 4 heteroatoms. The van der Waals surface area contributed by atoms with Crippen LogP contribution in [0.15, 0.2) is 60.7 Å². The van der Waals surface area contributed by atoms with Crippen molar-refractivity contribution in [3.05, 3.63) is 66.2 Å². The fraction of sp³-hybridized carbons (Fsp3) is 0.190. The summed E-state index contributed by atoms with van der Waals surface area (Å²) >= 11 is 0. The van der Waals surface area contributed by atoms with E-state index in [1.165, 1.54) is 0 Å². The molecule has 1 amide bonds. The first-order valence-electron chi connectivity index (χ1n) is 8.20. The highest BCUT2D eigenvalue weighted by atomic mass is 16.5. The van der Waals surface area contributed by atoms with Crippen LogP contribution in [0.4, 0.5) is 5.69 Å². The number of carbonyl (C=O) groups is 1. The third-order valence-corrected chi connectivity index (χ3v) is 4.20. The molecule has 128 valence electrons. The number of fused-ring (bicyclic) bond motifs is 1. The third kappa shape index (κ3) is 3.74. The van der Waals surface area contributed by atoms with Crippen molar-refractivity contribution in [1.29, 1.82) is 0 Å². The Bertz CT molecular complexity index is 862. The van der Waals surface area contributed by atoms with Gasteiger partial charge < -0.3 is 14.8 Å². The van der Waals surface area contributed by atoms with Crippen molar-refractivity contribution in [3.8, 4) is 11.5 Å². The molecule has 4 nitrogen and oxygen atoms in total. The van der Waals surface area contributed by atoms with Crippen molar-refractivity contribution >= 4 is 22.4 Å². The van der Waals surface area contributed by atoms with Crippen molar-refractivity contribution < 1.29 is 14.3 Å². The van der Waals surface area contributed by atoms with Gasteiger partial charge in [0.15, 0.2) is 0 Å². The Hall–Kier alpha value is -3.01. The number of hydrogen-bond acceptors (Lipinski definition) is 3. The minimum atomic E-state index is -0.0377. The fourth-order valence-electron chi connectivity index (χ4n) is 2.96. The Morgan fingerprint density at radius 2 is 1.52 bits per heavy atom. The number of benzene rings is 3. The lowest BCUT2D eigenvalue weighted by Crippen LogP contribution is -2.13. The largest absolute Gasteiger partial charge is 0.496 e. The smallest absolute Gasteiger partial charge is 0.224 e. The van der Waals surface area contributed by atoms with Gasteiger partial charge in [-0.05, 0) is 30.0 Å². The zero-order valence-corrected chi connectivity index (χ0v) is 14.4. The van der Waals surface area contributed by atoms with E-state index >= 15 is 0 Å². The summed E-state index contributed by atoms with van der Waals surface area (Å²) < 4.78 is 10.8. The highest BCUT2D eigenvalue weighted by molar-refractivity contribution is 6.02. The summed E-state index contributed by atoms with van der Waals surface area (Å²) in [5, 5.41) is 5.15. The Morgan fingerprint density at radius 3 is 2.24 bits per heavy atom. The summed E-state index contributed by atoms with van der Waals surface area (Å²) in [4.78, 5) is 12.4. The quantitative estimate of drug-likeness (QED) is 0.725. The van der Waals surface area contributed by atoms with Gasteiger partial charge in [0.1, 0.15) is 11.5 Å². The molecule has 0 unspecified atom stereocenters. The Labute approximate surface area is 147 Å². The molecule has 3 aromatic rings. The van der Waals surface area contributed by atoms with Gasteiger partial charge in [-0.1, -0.05) is 42.5 Å². The summed E-state index contributed by atoms with van der Waals surface area (Å²) in [5.74, 6) is 1.43. The van der Waals surface area contributed by atoms with E-state index in [1.807, 2.05) is 60.7 Å². The standard InChI is InChI=1S/C21H21NO3/c1-24-19-11-6-12-20(25-2)17(19)13-14-21(23)22-18-10-5-8-15-7-3-4-9-16(15)18/h3-12H,13-14H2,1-2H3,(H,22,23). The second-order valence-electron chi connectivity index (χ2n) is 5.72. The molecule has 0 aliphatic heterocycles. The maximum absolute atomic E-state index is 12.4. The number of anilines is 1. The van der Waals surface area contributed by atoms with Crippen LogP contribution in [-0.2, 0) is 11.2 Å². The number of hydrogen-bond donors (Lipinski definition) is 1. The average Bonchev–Trinajstić information content (AvgIpc) is 2.66. The first-order valence-corrected chi connectivity index (χ1v) is 8.20. The lowest BCUT2D eigenvalue weighted by atomic mass is 10.1. The van der Waals surface area contributed by atoms with Gasteiger partial charge in [-0.2, -0.15) is 0 Å². The topological polar surface area (TPSA) is 47.6 Å². The van der Waals surface area contributed by atoms with Crippen LogP contribution in [0.3, 0.4) is 0 Å². The normalized spacial score (nSPS) is 10.5. The van der Waals surface area contributed by atoms with Crippen LogP contribution in [0.5, 0.6) is 11.5 Å². The predicted molar refractivity (Wildman–Crippen MR) is 100 cm³/mol. The molecule has 0 saturated carbocycles. The molecule has 0 radical (unpaired) electrons. The number of ether oxygens (including phenoxy) is 2. The molecule has 3 rings (SSSR count). The molecule has 0 atom stereocenters. The SMILES string of the molecule is COc1cccc(OC)c1CCC(=O)Nc1cccc2ccccc12. The Morgan fingerprint density at radius 1 is 0.880 bits per heavy atom. The molecule has 1 N–H and O–H groups in total. The summed E-state index contributed by atoms with van der Waals surface area (Å²) in [7, 11) is 3.24. The maximum atomic E-state index is 12.4. The summed E-state index contributed by atoms with van der Waals surface area (Å²) in [6.45, 7) is 0. The van der Waals surface area contributed by atoms with E-state index in [1.54, 1.807) is 14.2 Å². The van der Waals surface area contributed by atoms with Crippen LogP contribution in [0, 0.1) is 0 Å². The molecule has 0 bridgehead atoms. The van der Waals surface area contributed by atoms with Crippen molar-refractivity contribution in [2.45, 2.75) is 12.8 Å². The van der Waals surface area contributed by atoms with Gasteiger partial charge in [0.2, 0.25) is 5.91 Å². The van der Waals surface area contributed by atoms with Gasteiger partial charge in [-0.15, -0.1) is 0 Å². The van der Waals surface area contributed by atoms with E-state index in [0.29, 0.717) is 12.8 Å². The van der Waals surface area contributed by atoms with E-state index in [0.717, 1.165) is 33.5 Å². The first kappa shape index (κ1) is 16.8. The van der Waals surface area contributed by atoms with Crippen molar-refractivity contribution in [2.24, 2.45) is 0 Å². The number of carbonyl (C=O) groups excluding carboxylic acids is 1. The lowest BCUT2D eigenvalue weighted by Gasteiger charge is -2.13. The van der Waals surface area contributed by atoms with Gasteiger partial charge >= 0.3 is 0 Å².